The van der Waals surface area contributed by atoms with Gasteiger partial charge in [-0.05, 0) is 0 Å². The second-order valence-electron chi connectivity index (χ2n) is 3.42. The Morgan fingerprint density at radius 3 is 2.00 bits per heavy atom. The molecule has 0 saturated carbocycles. The zero-order valence-electron chi connectivity index (χ0n) is 9.26. The topological polar surface area (TPSA) is 12.9 Å². The van der Waals surface area contributed by atoms with Crippen LogP contribution in [0.3, 0.4) is 0 Å². The molecule has 0 aromatic carbocycles. The fourth-order valence-corrected chi connectivity index (χ4v) is 0.735. The monoisotopic (exact) mass is 253 g/mol. The summed E-state index contributed by atoms with van der Waals surface area (Å²) in [5.74, 6) is 0. The Balaban J connectivity index is 0. The Morgan fingerprint density at radius 2 is 1.77 bits per heavy atom. The van der Waals surface area contributed by atoms with Crippen LogP contribution in [0, 0.1) is 6.07 Å². The van der Waals surface area contributed by atoms with Gasteiger partial charge in [0.15, 0.2) is 0 Å². The minimum absolute atomic E-state index is 0. The molecule has 0 atom stereocenters. The first-order valence-corrected chi connectivity index (χ1v) is 4.42. The number of pyridine rings is 1. The van der Waals surface area contributed by atoms with E-state index >= 15 is 0 Å². The van der Waals surface area contributed by atoms with Crippen LogP contribution in [0.1, 0.15) is 40.2 Å². The van der Waals surface area contributed by atoms with Crippen molar-refractivity contribution in [3.63, 3.8) is 0 Å². The molecule has 0 aliphatic rings. The minimum Gasteiger partial charge on any atom is -0.304 e. The molecule has 0 fully saturated rings. The van der Waals surface area contributed by atoms with Crippen molar-refractivity contribution >= 4 is 0 Å². The summed E-state index contributed by atoms with van der Waals surface area (Å²) < 4.78 is 0. The smallest absolute Gasteiger partial charge is 0 e. The molecule has 1 radical (unpaired) electrons. The Bertz CT molecular complexity index is 201. The number of rotatable bonds is 0. The first kappa shape index (κ1) is 15.7. The van der Waals surface area contributed by atoms with Crippen LogP contribution in [-0.4, -0.2) is 4.98 Å². The van der Waals surface area contributed by atoms with E-state index in [1.807, 2.05) is 26.1 Å². The molecule has 0 aliphatic carbocycles. The molecule has 1 aromatic heterocycles. The van der Waals surface area contributed by atoms with Gasteiger partial charge >= 0.3 is 0 Å². The maximum Gasteiger partial charge on any atom is 0 e. The van der Waals surface area contributed by atoms with E-state index in [1.54, 1.807) is 6.20 Å². The van der Waals surface area contributed by atoms with Crippen molar-refractivity contribution in [2.75, 3.05) is 0 Å². The van der Waals surface area contributed by atoms with Gasteiger partial charge < -0.3 is 4.98 Å². The third-order valence-corrected chi connectivity index (χ3v) is 1.47. The van der Waals surface area contributed by atoms with Crippen molar-refractivity contribution < 1.29 is 32.7 Å². The van der Waals surface area contributed by atoms with Gasteiger partial charge in [0.1, 0.15) is 0 Å². The van der Waals surface area contributed by atoms with Gasteiger partial charge in [-0.1, -0.05) is 52.4 Å². The summed E-state index contributed by atoms with van der Waals surface area (Å²) in [6, 6.07) is 4.94. The average Bonchev–Trinajstić information content (AvgIpc) is 2.08. The van der Waals surface area contributed by atoms with Gasteiger partial charge in [0.05, 0.1) is 0 Å². The van der Waals surface area contributed by atoms with Crippen molar-refractivity contribution in [3.8, 4) is 0 Å². The zero-order valence-corrected chi connectivity index (χ0v) is 12.1. The van der Waals surface area contributed by atoms with Crippen molar-refractivity contribution in [2.24, 2.45) is 0 Å². The zero-order chi connectivity index (χ0) is 9.61. The van der Waals surface area contributed by atoms with Crippen LogP contribution in [0.15, 0.2) is 18.5 Å². The number of aromatic nitrogens is 1. The van der Waals surface area contributed by atoms with Crippen molar-refractivity contribution in [3.05, 3.63) is 30.1 Å². The van der Waals surface area contributed by atoms with E-state index < -0.39 is 0 Å². The van der Waals surface area contributed by atoms with E-state index in [-0.39, 0.29) is 38.1 Å². The van der Waals surface area contributed by atoms with E-state index in [2.05, 4.69) is 31.8 Å². The second-order valence-corrected chi connectivity index (χ2v) is 3.42. The maximum atomic E-state index is 4.00. The van der Waals surface area contributed by atoms with Crippen molar-refractivity contribution in [1.29, 1.82) is 0 Å². The normalized spacial score (nSPS) is 9.31. The van der Waals surface area contributed by atoms with Crippen LogP contribution in [0.4, 0.5) is 0 Å². The van der Waals surface area contributed by atoms with Crippen LogP contribution in [0.5, 0.6) is 0 Å². The average molecular weight is 253 g/mol. The summed E-state index contributed by atoms with van der Waals surface area (Å²) >= 11 is 0. The first-order chi connectivity index (χ1) is 5.61. The largest absolute Gasteiger partial charge is 0.304 e. The van der Waals surface area contributed by atoms with Gasteiger partial charge in [0.25, 0.3) is 0 Å². The molecule has 71 valence electrons. The summed E-state index contributed by atoms with van der Waals surface area (Å²) in [5.41, 5.74) is 1.43. The number of hydrogen-bond donors (Lipinski definition) is 0. The molecular weight excluding hydrogens is 235 g/mol. The number of hydrogen-bond acceptors (Lipinski definition) is 1. The molecule has 0 unspecified atom stereocenters. The van der Waals surface area contributed by atoms with E-state index in [1.165, 1.54) is 5.56 Å². The molecule has 0 saturated heterocycles. The van der Waals surface area contributed by atoms with Crippen molar-refractivity contribution in [2.45, 2.75) is 40.0 Å². The molecule has 0 spiro atoms. The third-order valence-electron chi connectivity index (χ3n) is 1.47. The van der Waals surface area contributed by atoms with Crippen LogP contribution in [0.2, 0.25) is 0 Å². The van der Waals surface area contributed by atoms with E-state index in [0.717, 1.165) is 0 Å². The fraction of sp³-hybridized carbons (Fsp3) is 0.545. The van der Waals surface area contributed by atoms with Gasteiger partial charge in [-0.3, -0.25) is 0 Å². The predicted octanol–water partition coefficient (Wildman–Crippen LogP) is 3.20. The molecule has 0 amide bonds. The Morgan fingerprint density at radius 1 is 1.23 bits per heavy atom. The molecule has 2 heteroatoms. The third kappa shape index (κ3) is 6.34. The van der Waals surface area contributed by atoms with Gasteiger partial charge in [-0.15, -0.1) is 0 Å². The van der Waals surface area contributed by atoms with Crippen molar-refractivity contribution in [1.82, 2.24) is 4.98 Å². The summed E-state index contributed by atoms with van der Waals surface area (Å²) in [6.45, 7) is 10.5. The van der Waals surface area contributed by atoms with Gasteiger partial charge in [0, 0.05) is 32.7 Å². The second kappa shape index (κ2) is 7.64. The first-order valence-electron chi connectivity index (χ1n) is 4.42. The summed E-state index contributed by atoms with van der Waals surface area (Å²) in [6.07, 6.45) is 3.56. The summed E-state index contributed by atoms with van der Waals surface area (Å²) in [5, 5.41) is 0. The molecule has 1 aromatic rings. The summed E-state index contributed by atoms with van der Waals surface area (Å²) in [7, 11) is 0. The molecule has 1 nitrogen and oxygen atoms in total. The Labute approximate surface area is 107 Å². The van der Waals surface area contributed by atoms with Crippen LogP contribution >= 0.6 is 0 Å². The Kier molecular flexibility index (Phi) is 9.23. The van der Waals surface area contributed by atoms with Gasteiger partial charge in [-0.25, -0.2) is 12.1 Å². The fourth-order valence-electron chi connectivity index (χ4n) is 0.735. The maximum absolute atomic E-state index is 4.00. The molecule has 13 heavy (non-hydrogen) atoms. The molecule has 0 bridgehead atoms. The minimum atomic E-state index is 0. The Hall–Kier alpha value is 0.254. The van der Waals surface area contributed by atoms with E-state index in [9.17, 15) is 0 Å². The molecule has 1 heterocycles. The van der Waals surface area contributed by atoms with Gasteiger partial charge in [-0.2, -0.15) is 5.56 Å². The van der Waals surface area contributed by atoms with E-state index in [4.69, 9.17) is 0 Å². The summed E-state index contributed by atoms with van der Waals surface area (Å²) in [4.78, 5) is 4.00. The van der Waals surface area contributed by atoms with Crippen LogP contribution in [-0.2, 0) is 38.1 Å². The quantitative estimate of drug-likeness (QED) is 0.647. The van der Waals surface area contributed by atoms with Gasteiger partial charge in [0.2, 0.25) is 0 Å². The SMILES string of the molecule is CC.CC(C)(C)c1c[c-]cnc1.[Y]. The number of nitrogens with zero attached hydrogens (tertiary/aromatic N) is 1. The van der Waals surface area contributed by atoms with Crippen LogP contribution in [0.25, 0.3) is 0 Å². The standard InChI is InChI=1S/C9H12N.C2H6.Y/c1-9(2,3)8-5-4-6-10-7-8;1-2;/h5-7H,1-3H3;1-2H3;/q-1;;. The van der Waals surface area contributed by atoms with Crippen LogP contribution < -0.4 is 0 Å². The molecule has 1 rings (SSSR count). The molecular formula is C11H18NY-. The van der Waals surface area contributed by atoms with E-state index in [0.29, 0.717) is 0 Å². The predicted molar refractivity (Wildman–Crippen MR) is 53.1 cm³/mol. The molecule has 0 aliphatic heterocycles. The molecule has 0 N–H and O–H groups in total.